The molecule has 0 aliphatic heterocycles. The van der Waals surface area contributed by atoms with E-state index in [-0.39, 0.29) is 41.6 Å². The molecule has 0 fully saturated rings. The summed E-state index contributed by atoms with van der Waals surface area (Å²) in [5.41, 5.74) is 0. The molecule has 0 aliphatic carbocycles. The molecule has 9 heteroatoms. The summed E-state index contributed by atoms with van der Waals surface area (Å²) in [7, 11) is -4.49. The summed E-state index contributed by atoms with van der Waals surface area (Å²) in [5.74, 6) is -0.0320. The Kier molecular flexibility index (Phi) is 6.31. The Hall–Kier alpha value is -0.120. The zero-order valence-electron chi connectivity index (χ0n) is 11.6. The third-order valence-corrected chi connectivity index (χ3v) is 4.14. The summed E-state index contributed by atoms with van der Waals surface area (Å²) in [6.07, 6.45) is 0.889. The van der Waals surface area contributed by atoms with Crippen LogP contribution in [-0.2, 0) is 20.1 Å². The number of hydrogen-bond acceptors (Lipinski definition) is 5. The quantitative estimate of drug-likeness (QED) is 0.450. The first kappa shape index (κ1) is 17.9. The van der Waals surface area contributed by atoms with Crippen LogP contribution >= 0.6 is 0 Å². The van der Waals surface area contributed by atoms with Crippen molar-refractivity contribution < 1.29 is 52.0 Å². The van der Waals surface area contributed by atoms with Crippen molar-refractivity contribution in [2.45, 2.75) is 4.90 Å². The molecule has 0 aromatic heterocycles. The van der Waals surface area contributed by atoms with Crippen LogP contribution in [0.15, 0.2) is 29.2 Å². The second kappa shape index (κ2) is 6.36. The van der Waals surface area contributed by atoms with Gasteiger partial charge in [0.15, 0.2) is 0 Å². The van der Waals surface area contributed by atoms with Gasteiger partial charge < -0.3 is 5.61 Å². The first-order valence-electron chi connectivity index (χ1n) is 4.55. The van der Waals surface area contributed by atoms with E-state index < -0.39 is 20.1 Å². The van der Waals surface area contributed by atoms with Crippen LogP contribution in [0.25, 0.3) is 0 Å². The summed E-state index contributed by atoms with van der Waals surface area (Å²) in [4.78, 5) is -0.0244. The Balaban J connectivity index is 0. The van der Waals surface area contributed by atoms with Crippen molar-refractivity contribution >= 4 is 20.1 Å². The first-order valence-corrected chi connectivity index (χ1v) is 7.80. The van der Waals surface area contributed by atoms with Gasteiger partial charge in [-0.1, -0.05) is 6.07 Å². The second-order valence-corrected chi connectivity index (χ2v) is 7.28. The zero-order chi connectivity index (χ0) is 13.3. The third-order valence-electron chi connectivity index (χ3n) is 1.83. The van der Waals surface area contributed by atoms with Crippen molar-refractivity contribution in [3.8, 4) is 5.75 Å². The maximum atomic E-state index is 11.8. The van der Waals surface area contributed by atoms with Crippen molar-refractivity contribution in [2.24, 2.45) is 0 Å². The van der Waals surface area contributed by atoms with Crippen LogP contribution in [0.1, 0.15) is 1.43 Å². The van der Waals surface area contributed by atoms with Gasteiger partial charge in [0.05, 0.1) is 11.2 Å². The molecule has 18 heavy (non-hydrogen) atoms. The van der Waals surface area contributed by atoms with Gasteiger partial charge in [-0.25, -0.2) is 12.7 Å². The van der Waals surface area contributed by atoms with E-state index in [2.05, 4.69) is 4.18 Å². The van der Waals surface area contributed by atoms with Gasteiger partial charge in [-0.3, -0.25) is 0 Å². The molecule has 0 atom stereocenters. The van der Waals surface area contributed by atoms with E-state index in [9.17, 15) is 16.8 Å². The Morgan fingerprint density at radius 1 is 1.17 bits per heavy atom. The van der Waals surface area contributed by atoms with Gasteiger partial charge in [-0.05, 0) is 12.1 Å². The summed E-state index contributed by atoms with van der Waals surface area (Å²) >= 11 is 0. The average Bonchev–Trinajstić information content (AvgIpc) is 2.15. The molecule has 0 aliphatic rings. The standard InChI is InChI=1S/C9H13NO5S2.Na.H/c1-10(2)17(13,14)9-6-4-5-8(7-9)15-16(3,11)12;;/h4-7H,1-3H3;;/q;+1;-1. The topological polar surface area (TPSA) is 80.8 Å². The van der Waals surface area contributed by atoms with E-state index in [1.807, 2.05) is 0 Å². The van der Waals surface area contributed by atoms with Gasteiger partial charge in [-0.15, -0.1) is 0 Å². The van der Waals surface area contributed by atoms with Gasteiger partial charge in [0.25, 0.3) is 0 Å². The fourth-order valence-electron chi connectivity index (χ4n) is 1.07. The number of rotatable bonds is 4. The van der Waals surface area contributed by atoms with Gasteiger partial charge in [0.2, 0.25) is 10.0 Å². The van der Waals surface area contributed by atoms with E-state index in [0.29, 0.717) is 0 Å². The van der Waals surface area contributed by atoms with E-state index >= 15 is 0 Å². The van der Waals surface area contributed by atoms with Crippen LogP contribution in [0.2, 0.25) is 0 Å². The van der Waals surface area contributed by atoms with Crippen LogP contribution in [0.3, 0.4) is 0 Å². The van der Waals surface area contributed by atoms with E-state index in [4.69, 9.17) is 0 Å². The minimum atomic E-state index is -3.67. The van der Waals surface area contributed by atoms with Crippen LogP contribution in [0, 0.1) is 0 Å². The predicted molar refractivity (Wildman–Crippen MR) is 63.9 cm³/mol. The summed E-state index contributed by atoms with van der Waals surface area (Å²) in [6.45, 7) is 0. The number of sulfonamides is 1. The molecule has 1 rings (SSSR count). The van der Waals surface area contributed by atoms with Gasteiger partial charge in [-0.2, -0.15) is 8.42 Å². The summed E-state index contributed by atoms with van der Waals surface area (Å²) < 4.78 is 51.0. The van der Waals surface area contributed by atoms with Gasteiger partial charge in [0, 0.05) is 20.2 Å². The number of nitrogens with zero attached hydrogens (tertiary/aromatic N) is 1. The molecule has 1 aromatic carbocycles. The summed E-state index contributed by atoms with van der Waals surface area (Å²) in [6, 6.07) is 5.31. The molecule has 0 N–H and O–H groups in total. The van der Waals surface area contributed by atoms with Crippen LogP contribution < -0.4 is 33.7 Å². The van der Waals surface area contributed by atoms with Crippen LogP contribution in [-0.4, -0.2) is 41.5 Å². The molecule has 0 amide bonds. The molecule has 0 unspecified atom stereocenters. The van der Waals surface area contributed by atoms with Crippen molar-refractivity contribution in [1.29, 1.82) is 0 Å². The normalized spacial score (nSPS) is 12.0. The predicted octanol–water partition coefficient (Wildman–Crippen LogP) is -2.61. The second-order valence-electron chi connectivity index (χ2n) is 3.55. The van der Waals surface area contributed by atoms with Gasteiger partial charge in [0.1, 0.15) is 5.75 Å². The Bertz CT molecular complexity index is 615. The molecule has 6 nitrogen and oxygen atoms in total. The Labute approximate surface area is 131 Å². The first-order chi connectivity index (χ1) is 7.63. The largest absolute Gasteiger partial charge is 1.00 e. The van der Waals surface area contributed by atoms with Crippen LogP contribution in [0.5, 0.6) is 5.75 Å². The van der Waals surface area contributed by atoms with Crippen LogP contribution in [0.4, 0.5) is 0 Å². The molecule has 0 bridgehead atoms. The molecule has 1 aromatic rings. The molecule has 0 saturated carbocycles. The van der Waals surface area contributed by atoms with Gasteiger partial charge >= 0.3 is 39.7 Å². The third kappa shape index (κ3) is 4.87. The van der Waals surface area contributed by atoms with Crippen molar-refractivity contribution in [3.05, 3.63) is 24.3 Å². The minimum absolute atomic E-state index is 0. The monoisotopic (exact) mass is 303 g/mol. The Morgan fingerprint density at radius 2 is 1.72 bits per heavy atom. The SMILES string of the molecule is CN(C)S(=O)(=O)c1cccc(OS(C)(=O)=O)c1.[H-].[Na+]. The van der Waals surface area contributed by atoms with Crippen molar-refractivity contribution in [1.82, 2.24) is 4.31 Å². The smallest absolute Gasteiger partial charge is 1.00 e. The average molecular weight is 303 g/mol. The minimum Gasteiger partial charge on any atom is -1.00 e. The molecule has 0 spiro atoms. The number of hydrogen-bond donors (Lipinski definition) is 0. The molecule has 0 radical (unpaired) electrons. The van der Waals surface area contributed by atoms with Crippen molar-refractivity contribution in [2.75, 3.05) is 20.4 Å². The molecule has 0 saturated heterocycles. The van der Waals surface area contributed by atoms with E-state index in [1.54, 1.807) is 0 Å². The fraction of sp³-hybridized carbons (Fsp3) is 0.333. The van der Waals surface area contributed by atoms with E-state index in [0.717, 1.165) is 16.6 Å². The Morgan fingerprint density at radius 3 is 2.17 bits per heavy atom. The molecule has 98 valence electrons. The maximum absolute atomic E-state index is 11.8. The van der Waals surface area contributed by atoms with E-state index in [1.165, 1.54) is 32.3 Å². The zero-order valence-corrected chi connectivity index (χ0v) is 14.2. The fourth-order valence-corrected chi connectivity index (χ4v) is 2.46. The molecular weight excluding hydrogens is 289 g/mol. The molecule has 0 heterocycles. The van der Waals surface area contributed by atoms with Crippen molar-refractivity contribution in [3.63, 3.8) is 0 Å². The number of benzene rings is 1. The maximum Gasteiger partial charge on any atom is 1.00 e. The summed E-state index contributed by atoms with van der Waals surface area (Å²) in [5, 5.41) is 0. The molecular formula is C9H14NNaO5S2.